The van der Waals surface area contributed by atoms with Crippen LogP contribution in [0.25, 0.3) is 0 Å². The van der Waals surface area contributed by atoms with Gasteiger partial charge in [-0.3, -0.25) is 4.79 Å². The number of hydrogen-bond acceptors (Lipinski definition) is 4. The molecule has 0 aromatic heterocycles. The van der Waals surface area contributed by atoms with Gasteiger partial charge in [-0.05, 0) is 50.3 Å². The van der Waals surface area contributed by atoms with E-state index < -0.39 is 10.0 Å². The summed E-state index contributed by atoms with van der Waals surface area (Å²) in [5.74, 6) is 0.707. The van der Waals surface area contributed by atoms with Gasteiger partial charge < -0.3 is 5.32 Å². The van der Waals surface area contributed by atoms with E-state index in [4.69, 9.17) is 0 Å². The number of hydrogen-bond donors (Lipinski definition) is 1. The summed E-state index contributed by atoms with van der Waals surface area (Å²) in [4.78, 5) is 12.7. The predicted molar refractivity (Wildman–Crippen MR) is 111 cm³/mol. The lowest BCUT2D eigenvalue weighted by atomic mass is 10.0. The molecule has 7 heteroatoms. The number of amides is 1. The lowest BCUT2D eigenvalue weighted by molar-refractivity contribution is 0.0956. The van der Waals surface area contributed by atoms with Crippen molar-refractivity contribution in [2.24, 2.45) is 0 Å². The molecule has 1 N–H and O–H groups in total. The van der Waals surface area contributed by atoms with E-state index >= 15 is 0 Å². The molecule has 1 amide bonds. The number of rotatable bonds is 7. The molecule has 27 heavy (non-hydrogen) atoms. The second-order valence-corrected chi connectivity index (χ2v) is 10.8. The molecule has 1 heterocycles. The van der Waals surface area contributed by atoms with Crippen molar-refractivity contribution >= 4 is 27.7 Å². The van der Waals surface area contributed by atoms with Gasteiger partial charge in [0, 0.05) is 36.2 Å². The van der Waals surface area contributed by atoms with Crippen molar-refractivity contribution in [2.45, 2.75) is 62.0 Å². The minimum atomic E-state index is -3.52. The van der Waals surface area contributed by atoms with Crippen LogP contribution < -0.4 is 5.32 Å². The summed E-state index contributed by atoms with van der Waals surface area (Å²) < 4.78 is 27.2. The van der Waals surface area contributed by atoms with Crippen molar-refractivity contribution in [1.29, 1.82) is 0 Å². The van der Waals surface area contributed by atoms with Gasteiger partial charge in [-0.15, -0.1) is 0 Å². The van der Waals surface area contributed by atoms with Crippen LogP contribution in [-0.2, 0) is 10.0 Å². The number of aryl methyl sites for hydroxylation is 1. The summed E-state index contributed by atoms with van der Waals surface area (Å²) in [5, 5.41) is 3.67. The van der Waals surface area contributed by atoms with Crippen molar-refractivity contribution in [2.75, 3.05) is 25.4 Å². The molecule has 1 aliphatic carbocycles. The molecular formula is C20H30N2O3S2. The van der Waals surface area contributed by atoms with Crippen molar-refractivity contribution in [3.8, 4) is 0 Å². The quantitative estimate of drug-likeness (QED) is 0.698. The topological polar surface area (TPSA) is 66.5 Å². The van der Waals surface area contributed by atoms with Crippen molar-refractivity contribution in [1.82, 2.24) is 9.62 Å². The van der Waals surface area contributed by atoms with Crippen molar-refractivity contribution < 1.29 is 13.2 Å². The van der Waals surface area contributed by atoms with Gasteiger partial charge in [0.15, 0.2) is 0 Å². The Morgan fingerprint density at radius 1 is 1.15 bits per heavy atom. The van der Waals surface area contributed by atoms with Crippen LogP contribution in [0.3, 0.4) is 0 Å². The Hall–Kier alpha value is -1.05. The minimum Gasteiger partial charge on any atom is -0.351 e. The first-order chi connectivity index (χ1) is 13.0. The molecule has 0 atom stereocenters. The standard InChI is InChI=1S/C20H30N2O3S2/c1-16-9-10-17(15-19(16)27(24,25)22-12-5-6-13-22)20(23)21-11-14-26-18-7-3-2-4-8-18/h9-10,15,18H,2-8,11-14H2,1H3,(H,21,23). The molecule has 0 unspecified atom stereocenters. The lowest BCUT2D eigenvalue weighted by Crippen LogP contribution is -2.30. The van der Waals surface area contributed by atoms with Crippen molar-refractivity contribution in [3.63, 3.8) is 0 Å². The Morgan fingerprint density at radius 2 is 1.85 bits per heavy atom. The number of thioether (sulfide) groups is 1. The molecule has 1 aromatic rings. The molecule has 1 aliphatic heterocycles. The zero-order chi connectivity index (χ0) is 19.3. The first-order valence-corrected chi connectivity index (χ1v) is 12.5. The van der Waals surface area contributed by atoms with Crippen LogP contribution in [0.2, 0.25) is 0 Å². The second-order valence-electron chi connectivity index (χ2n) is 7.48. The Balaban J connectivity index is 1.58. The van der Waals surface area contributed by atoms with Gasteiger partial charge in [0.25, 0.3) is 5.91 Å². The molecule has 2 aliphatic rings. The maximum Gasteiger partial charge on any atom is 0.251 e. The smallest absolute Gasteiger partial charge is 0.251 e. The highest BCUT2D eigenvalue weighted by molar-refractivity contribution is 7.99. The lowest BCUT2D eigenvalue weighted by Gasteiger charge is -2.21. The number of benzene rings is 1. The Labute approximate surface area is 167 Å². The van der Waals surface area contributed by atoms with E-state index in [1.54, 1.807) is 19.1 Å². The van der Waals surface area contributed by atoms with Crippen molar-refractivity contribution in [3.05, 3.63) is 29.3 Å². The predicted octanol–water partition coefficient (Wildman–Crippen LogP) is 3.58. The number of sulfonamides is 1. The molecule has 0 bridgehead atoms. The SMILES string of the molecule is Cc1ccc(C(=O)NCCSC2CCCCC2)cc1S(=O)(=O)N1CCCC1. The van der Waals surface area contributed by atoms with Gasteiger partial charge >= 0.3 is 0 Å². The molecule has 150 valence electrons. The summed E-state index contributed by atoms with van der Waals surface area (Å²) in [6, 6.07) is 4.98. The monoisotopic (exact) mass is 410 g/mol. The average Bonchev–Trinajstić information content (AvgIpc) is 3.22. The summed E-state index contributed by atoms with van der Waals surface area (Å²) in [7, 11) is -3.52. The fourth-order valence-electron chi connectivity index (χ4n) is 3.81. The van der Waals surface area contributed by atoms with Gasteiger partial charge in [0.2, 0.25) is 10.0 Å². The third kappa shape index (κ3) is 5.27. The molecule has 1 aromatic carbocycles. The Kier molecular flexibility index (Phi) is 7.22. The van der Waals surface area contributed by atoms with E-state index in [-0.39, 0.29) is 10.8 Å². The number of carbonyl (C=O) groups is 1. The van der Waals surface area contributed by atoms with E-state index in [1.807, 2.05) is 11.8 Å². The van der Waals surface area contributed by atoms with E-state index in [0.29, 0.717) is 30.8 Å². The van der Waals surface area contributed by atoms with Gasteiger partial charge in [-0.1, -0.05) is 25.3 Å². The van der Waals surface area contributed by atoms with Gasteiger partial charge in [-0.25, -0.2) is 8.42 Å². The average molecular weight is 411 g/mol. The third-order valence-corrected chi connectivity index (χ3v) is 8.85. The first-order valence-electron chi connectivity index (χ1n) is 9.99. The molecular weight excluding hydrogens is 380 g/mol. The first kappa shape index (κ1) is 20.7. The van der Waals surface area contributed by atoms with Crippen LogP contribution in [0.5, 0.6) is 0 Å². The zero-order valence-electron chi connectivity index (χ0n) is 16.1. The highest BCUT2D eigenvalue weighted by atomic mass is 32.2. The fraction of sp³-hybridized carbons (Fsp3) is 0.650. The van der Waals surface area contributed by atoms with Crippen LogP contribution in [0, 0.1) is 6.92 Å². The summed E-state index contributed by atoms with van der Waals surface area (Å²) in [6.07, 6.45) is 8.37. The van der Waals surface area contributed by atoms with E-state index in [1.165, 1.54) is 42.5 Å². The number of carbonyl (C=O) groups excluding carboxylic acids is 1. The number of nitrogens with one attached hydrogen (secondary N) is 1. The zero-order valence-corrected chi connectivity index (χ0v) is 17.7. The van der Waals surface area contributed by atoms with Crippen LogP contribution in [0.15, 0.2) is 23.1 Å². The van der Waals surface area contributed by atoms with Crippen LogP contribution >= 0.6 is 11.8 Å². The maximum absolute atomic E-state index is 12.9. The normalized spacial score (nSPS) is 19.3. The molecule has 1 saturated carbocycles. The molecule has 3 rings (SSSR count). The largest absolute Gasteiger partial charge is 0.351 e. The highest BCUT2D eigenvalue weighted by Gasteiger charge is 2.29. The molecule has 5 nitrogen and oxygen atoms in total. The maximum atomic E-state index is 12.9. The molecule has 1 saturated heterocycles. The van der Waals surface area contributed by atoms with E-state index in [9.17, 15) is 13.2 Å². The number of nitrogens with zero attached hydrogens (tertiary/aromatic N) is 1. The van der Waals surface area contributed by atoms with Crippen LogP contribution in [-0.4, -0.2) is 49.3 Å². The van der Waals surface area contributed by atoms with Gasteiger partial charge in [0.1, 0.15) is 0 Å². The third-order valence-electron chi connectivity index (χ3n) is 5.43. The highest BCUT2D eigenvalue weighted by Crippen LogP contribution is 2.28. The van der Waals surface area contributed by atoms with Gasteiger partial charge in [0.05, 0.1) is 4.90 Å². The Morgan fingerprint density at radius 3 is 2.56 bits per heavy atom. The second kappa shape index (κ2) is 9.43. The van der Waals surface area contributed by atoms with Gasteiger partial charge in [-0.2, -0.15) is 16.1 Å². The Bertz CT molecular complexity index is 752. The minimum absolute atomic E-state index is 0.197. The van der Waals surface area contributed by atoms with Crippen LogP contribution in [0.4, 0.5) is 0 Å². The van der Waals surface area contributed by atoms with Crippen LogP contribution in [0.1, 0.15) is 60.9 Å². The summed E-state index contributed by atoms with van der Waals surface area (Å²) >= 11 is 1.94. The summed E-state index contributed by atoms with van der Waals surface area (Å²) in [6.45, 7) is 3.53. The molecule has 0 radical (unpaired) electrons. The molecule has 2 fully saturated rings. The fourth-order valence-corrected chi connectivity index (χ4v) is 6.80. The van der Waals surface area contributed by atoms with E-state index in [2.05, 4.69) is 5.32 Å². The van der Waals surface area contributed by atoms with E-state index in [0.717, 1.165) is 23.8 Å². The summed E-state index contributed by atoms with van der Waals surface area (Å²) in [5.41, 5.74) is 1.10. The molecule has 0 spiro atoms.